The smallest absolute Gasteiger partial charge is 0.228 e. The number of nitrogens with zero attached hydrogens (tertiary/aromatic N) is 1. The average molecular weight is 467 g/mol. The van der Waals surface area contributed by atoms with E-state index in [2.05, 4.69) is 41.4 Å². The van der Waals surface area contributed by atoms with Crippen LogP contribution in [0.2, 0.25) is 0 Å². The number of hydrogen-bond acceptors (Lipinski definition) is 3. The van der Waals surface area contributed by atoms with E-state index in [1.165, 1.54) is 42.6 Å². The number of rotatable bonds is 7. The first-order chi connectivity index (χ1) is 17.1. The van der Waals surface area contributed by atoms with Crippen LogP contribution in [-0.2, 0) is 17.6 Å². The van der Waals surface area contributed by atoms with Crippen LogP contribution in [0.1, 0.15) is 42.9 Å². The first kappa shape index (κ1) is 23.4. The molecule has 0 atom stereocenters. The fourth-order valence-corrected chi connectivity index (χ4v) is 5.31. The third-order valence-electron chi connectivity index (χ3n) is 7.37. The molecule has 0 bridgehead atoms. The van der Waals surface area contributed by atoms with Crippen LogP contribution >= 0.6 is 0 Å². The van der Waals surface area contributed by atoms with Gasteiger partial charge in [0.25, 0.3) is 0 Å². The maximum absolute atomic E-state index is 12.7. The van der Waals surface area contributed by atoms with E-state index in [9.17, 15) is 4.79 Å². The maximum Gasteiger partial charge on any atom is 0.228 e. The van der Waals surface area contributed by atoms with Crippen LogP contribution in [0, 0.1) is 0 Å². The van der Waals surface area contributed by atoms with Gasteiger partial charge in [0.1, 0.15) is 5.75 Å². The zero-order chi connectivity index (χ0) is 24.2. The molecule has 0 unspecified atom stereocenters. The third-order valence-corrected chi connectivity index (χ3v) is 7.37. The number of methoxy groups -OCH3 is 1. The van der Waals surface area contributed by atoms with Crippen LogP contribution in [0.4, 0.5) is 5.69 Å². The van der Waals surface area contributed by atoms with Crippen molar-refractivity contribution in [3.8, 4) is 16.9 Å². The molecule has 0 spiro atoms. The van der Waals surface area contributed by atoms with Crippen LogP contribution in [0.15, 0.2) is 72.3 Å². The van der Waals surface area contributed by atoms with Crippen molar-refractivity contribution in [1.29, 1.82) is 0 Å². The summed E-state index contributed by atoms with van der Waals surface area (Å²) in [6.07, 6.45) is 5.19. The first-order valence-corrected chi connectivity index (χ1v) is 12.7. The molecule has 3 aromatic carbocycles. The second-order valence-corrected chi connectivity index (χ2v) is 9.73. The Labute approximate surface area is 208 Å². The summed E-state index contributed by atoms with van der Waals surface area (Å²) in [4.78, 5) is 15.3. The molecule has 1 saturated heterocycles. The minimum atomic E-state index is 0.0138. The van der Waals surface area contributed by atoms with Gasteiger partial charge < -0.3 is 10.1 Å². The van der Waals surface area contributed by atoms with Crippen molar-refractivity contribution < 1.29 is 9.53 Å². The van der Waals surface area contributed by atoms with Crippen LogP contribution in [-0.4, -0.2) is 37.6 Å². The summed E-state index contributed by atoms with van der Waals surface area (Å²) in [5, 5.41) is 3.11. The van der Waals surface area contributed by atoms with Crippen molar-refractivity contribution in [1.82, 2.24) is 4.90 Å². The summed E-state index contributed by atoms with van der Waals surface area (Å²) in [6, 6.07) is 22.6. The molecular weight excluding hydrogens is 432 g/mol. The molecule has 1 heterocycles. The van der Waals surface area contributed by atoms with Gasteiger partial charge >= 0.3 is 0 Å². The maximum atomic E-state index is 12.7. The van der Waals surface area contributed by atoms with Gasteiger partial charge in [0.05, 0.1) is 13.5 Å². The Hall–Kier alpha value is -3.37. The molecule has 0 radical (unpaired) electrons. The van der Waals surface area contributed by atoms with Gasteiger partial charge in [-0.15, -0.1) is 0 Å². The topological polar surface area (TPSA) is 41.6 Å². The van der Waals surface area contributed by atoms with E-state index < -0.39 is 0 Å². The minimum Gasteiger partial charge on any atom is -0.497 e. The van der Waals surface area contributed by atoms with E-state index in [0.717, 1.165) is 47.5 Å². The predicted octanol–water partition coefficient (Wildman–Crippen LogP) is 6.36. The summed E-state index contributed by atoms with van der Waals surface area (Å²) in [5.41, 5.74) is 9.83. The van der Waals surface area contributed by atoms with Crippen molar-refractivity contribution in [2.45, 2.75) is 39.0 Å². The second kappa shape index (κ2) is 10.5. The molecule has 35 heavy (non-hydrogen) atoms. The number of carbonyl (C=O) groups excluding carboxylic acids is 1. The quantitative estimate of drug-likeness (QED) is 0.441. The third kappa shape index (κ3) is 5.49. The Morgan fingerprint density at radius 3 is 2.29 bits per heavy atom. The fourth-order valence-electron chi connectivity index (χ4n) is 5.31. The van der Waals surface area contributed by atoms with Crippen LogP contribution in [0.25, 0.3) is 16.7 Å². The number of fused-ring (bicyclic) bond motifs is 1. The van der Waals surface area contributed by atoms with Gasteiger partial charge in [0.2, 0.25) is 5.91 Å². The van der Waals surface area contributed by atoms with Crippen LogP contribution in [0.3, 0.4) is 0 Å². The summed E-state index contributed by atoms with van der Waals surface area (Å²) >= 11 is 0. The monoisotopic (exact) mass is 466 g/mol. The van der Waals surface area contributed by atoms with E-state index in [0.29, 0.717) is 6.42 Å². The van der Waals surface area contributed by atoms with Crippen molar-refractivity contribution >= 4 is 17.2 Å². The summed E-state index contributed by atoms with van der Waals surface area (Å²) in [7, 11) is 1.67. The van der Waals surface area contributed by atoms with Crippen LogP contribution < -0.4 is 10.1 Å². The minimum absolute atomic E-state index is 0.0138. The average Bonchev–Trinajstić information content (AvgIpc) is 3.39. The Bertz CT molecular complexity index is 1220. The molecule has 1 fully saturated rings. The number of carbonyl (C=O) groups is 1. The Balaban J connectivity index is 1.21. The van der Waals surface area contributed by atoms with Crippen molar-refractivity contribution in [3.63, 3.8) is 0 Å². The molecule has 0 aromatic heterocycles. The molecule has 1 amide bonds. The number of benzene rings is 3. The van der Waals surface area contributed by atoms with E-state index in [4.69, 9.17) is 4.74 Å². The normalized spacial score (nSPS) is 15.7. The fraction of sp³-hybridized carbons (Fsp3) is 0.323. The van der Waals surface area contributed by atoms with Gasteiger partial charge in [-0.05, 0) is 103 Å². The van der Waals surface area contributed by atoms with E-state index in [1.807, 2.05) is 42.5 Å². The van der Waals surface area contributed by atoms with E-state index in [1.54, 1.807) is 12.7 Å². The Kier molecular flexibility index (Phi) is 7.01. The molecule has 4 heteroatoms. The molecule has 5 rings (SSSR count). The molecular formula is C31H34N2O2. The first-order valence-electron chi connectivity index (χ1n) is 12.7. The van der Waals surface area contributed by atoms with Crippen molar-refractivity contribution in [2.24, 2.45) is 0 Å². The second-order valence-electron chi connectivity index (χ2n) is 9.73. The molecule has 3 aromatic rings. The summed E-state index contributed by atoms with van der Waals surface area (Å²) in [5.74, 6) is 0.859. The number of hydrogen-bond donors (Lipinski definition) is 1. The Morgan fingerprint density at radius 2 is 1.60 bits per heavy atom. The lowest BCUT2D eigenvalue weighted by Gasteiger charge is -2.25. The van der Waals surface area contributed by atoms with Gasteiger partial charge in [-0.3, -0.25) is 9.69 Å². The molecule has 1 N–H and O–H groups in total. The molecule has 1 aliphatic heterocycles. The van der Waals surface area contributed by atoms with Gasteiger partial charge in [0.15, 0.2) is 0 Å². The summed E-state index contributed by atoms with van der Waals surface area (Å²) in [6.45, 7) is 5.84. The molecule has 2 aliphatic rings. The predicted molar refractivity (Wildman–Crippen MR) is 144 cm³/mol. The van der Waals surface area contributed by atoms with Gasteiger partial charge in [-0.2, -0.15) is 0 Å². The number of ether oxygens (including phenoxy) is 1. The van der Waals surface area contributed by atoms with Gasteiger partial charge in [-0.25, -0.2) is 0 Å². The van der Waals surface area contributed by atoms with Gasteiger partial charge in [0, 0.05) is 12.2 Å². The van der Waals surface area contributed by atoms with E-state index >= 15 is 0 Å². The van der Waals surface area contributed by atoms with Crippen molar-refractivity contribution in [3.05, 3.63) is 89.0 Å². The van der Waals surface area contributed by atoms with Crippen LogP contribution in [0.5, 0.6) is 5.75 Å². The number of nitrogens with one attached hydrogen (secondary N) is 1. The summed E-state index contributed by atoms with van der Waals surface area (Å²) < 4.78 is 5.23. The number of likely N-dealkylation sites (tertiary alicyclic amines) is 1. The largest absolute Gasteiger partial charge is 0.497 e. The molecule has 180 valence electrons. The lowest BCUT2D eigenvalue weighted by molar-refractivity contribution is -0.115. The zero-order valence-electron chi connectivity index (χ0n) is 20.8. The lowest BCUT2D eigenvalue weighted by Crippen LogP contribution is -2.24. The zero-order valence-corrected chi connectivity index (χ0v) is 20.8. The lowest BCUT2D eigenvalue weighted by atomic mass is 9.86. The number of amides is 1. The highest BCUT2D eigenvalue weighted by atomic mass is 16.5. The molecule has 1 aliphatic carbocycles. The number of anilines is 1. The Morgan fingerprint density at radius 1 is 0.914 bits per heavy atom. The van der Waals surface area contributed by atoms with Gasteiger partial charge in [-0.1, -0.05) is 48.0 Å². The SMILES string of the molecule is COc1ccc(-c2ccc(CC(=O)Nc3ccc4c(c3)CCC(CN3CCCC3)=C4C)cc2)cc1. The number of allylic oxidation sites excluding steroid dienone is 1. The molecule has 4 nitrogen and oxygen atoms in total. The standard InChI is InChI=1S/C31H34N2O2/c1-22-27(21-33-17-3-4-18-33)10-9-26-20-28(13-16-30(22)26)32-31(34)19-23-5-7-24(8-6-23)25-11-14-29(35-2)15-12-25/h5-8,11-16,20H,3-4,9-10,17-19,21H2,1-2H3,(H,32,34). The molecule has 0 saturated carbocycles. The highest BCUT2D eigenvalue weighted by Crippen LogP contribution is 2.33. The highest BCUT2D eigenvalue weighted by Gasteiger charge is 2.20. The number of aryl methyl sites for hydroxylation is 1. The highest BCUT2D eigenvalue weighted by molar-refractivity contribution is 5.92. The van der Waals surface area contributed by atoms with Crippen molar-refractivity contribution in [2.75, 3.05) is 32.1 Å². The van der Waals surface area contributed by atoms with E-state index in [-0.39, 0.29) is 5.91 Å².